The molecule has 3 atom stereocenters. The smallest absolute Gasteiger partial charge is 0.143 e. The molecule has 2 nitrogen and oxygen atoms in total. The normalized spacial score (nSPS) is 47.2. The largest absolute Gasteiger partial charge is 0.378 e. The van der Waals surface area contributed by atoms with Crippen LogP contribution in [0.2, 0.25) is 0 Å². The van der Waals surface area contributed by atoms with Crippen LogP contribution in [-0.2, 0) is 9.53 Å². The summed E-state index contributed by atoms with van der Waals surface area (Å²) in [5.74, 6) is 0.697. The van der Waals surface area contributed by atoms with Crippen molar-refractivity contribution in [3.63, 3.8) is 0 Å². The van der Waals surface area contributed by atoms with Gasteiger partial charge >= 0.3 is 0 Å². The van der Waals surface area contributed by atoms with Crippen LogP contribution in [0.25, 0.3) is 0 Å². The Morgan fingerprint density at radius 1 is 1.43 bits per heavy atom. The van der Waals surface area contributed by atoms with Gasteiger partial charge in [0.15, 0.2) is 0 Å². The molecule has 3 fully saturated rings. The molecule has 0 radical (unpaired) electrons. The van der Waals surface area contributed by atoms with Gasteiger partial charge in [-0.25, -0.2) is 0 Å². The number of ether oxygens (including phenoxy) is 1. The molecule has 0 aromatic rings. The first kappa shape index (κ1) is 9.91. The number of hydrogen-bond acceptors (Lipinski definition) is 2. The predicted octanol–water partition coefficient (Wildman–Crippen LogP) is 2.34. The minimum absolute atomic E-state index is 0.121. The number of Topliss-reactive ketones (excluding diaryl/α,β-unsaturated/α-hetero) is 1. The molecule has 0 N–H and O–H groups in total. The molecule has 3 rings (SSSR count). The molecule has 3 aliphatic rings. The van der Waals surface area contributed by atoms with E-state index in [4.69, 9.17) is 4.74 Å². The third-order valence-corrected chi connectivity index (χ3v) is 4.35. The van der Waals surface area contributed by atoms with Gasteiger partial charge in [0.05, 0.1) is 5.60 Å². The Morgan fingerprint density at radius 3 is 2.57 bits per heavy atom. The molecule has 0 heterocycles. The summed E-state index contributed by atoms with van der Waals surface area (Å²) in [5, 5.41) is 0. The van der Waals surface area contributed by atoms with Crippen LogP contribution >= 0.6 is 0 Å². The summed E-state index contributed by atoms with van der Waals surface area (Å²) in [7, 11) is 1.75. The zero-order valence-electron chi connectivity index (χ0n) is 9.22. The lowest BCUT2D eigenvalue weighted by atomic mass is 9.53. The lowest BCUT2D eigenvalue weighted by Gasteiger charge is -2.54. The van der Waals surface area contributed by atoms with Gasteiger partial charge in [-0.15, -0.1) is 0 Å². The Bertz CT molecular complexity index is 287. The monoisotopic (exact) mass is 194 g/mol. The van der Waals surface area contributed by atoms with Gasteiger partial charge in [0.25, 0.3) is 0 Å². The summed E-state index contributed by atoms with van der Waals surface area (Å²) in [5.41, 5.74) is 0.664. The van der Waals surface area contributed by atoms with Crippen molar-refractivity contribution >= 4 is 5.78 Å². The van der Waals surface area contributed by atoms with E-state index in [2.05, 4.69) is 13.5 Å². The Hall–Kier alpha value is -0.630. The van der Waals surface area contributed by atoms with Crippen LogP contribution in [-0.4, -0.2) is 18.5 Å². The highest BCUT2D eigenvalue weighted by atomic mass is 16.5. The fraction of sp³-hybridized carbons (Fsp3) is 0.750. The summed E-state index contributed by atoms with van der Waals surface area (Å²) in [6.07, 6.45) is 2.42. The molecule has 3 saturated carbocycles. The van der Waals surface area contributed by atoms with E-state index in [1.54, 1.807) is 7.11 Å². The highest BCUT2D eigenvalue weighted by molar-refractivity contribution is 5.90. The summed E-state index contributed by atoms with van der Waals surface area (Å²) in [6, 6.07) is 0. The van der Waals surface area contributed by atoms with Crippen LogP contribution in [0.15, 0.2) is 12.2 Å². The fourth-order valence-corrected chi connectivity index (χ4v) is 2.98. The predicted molar refractivity (Wildman–Crippen MR) is 55.0 cm³/mol. The molecular weight excluding hydrogens is 176 g/mol. The number of carbonyl (C=O) groups excluding carboxylic acids is 1. The number of ketones is 1. The molecular formula is C12H18O2. The maximum absolute atomic E-state index is 11.9. The highest BCUT2D eigenvalue weighted by Crippen LogP contribution is 2.55. The van der Waals surface area contributed by atoms with Crippen molar-refractivity contribution in [1.82, 2.24) is 0 Å². The molecule has 0 saturated heterocycles. The molecule has 78 valence electrons. The number of methoxy groups -OCH3 is 1. The molecule has 2 heteroatoms. The van der Waals surface area contributed by atoms with E-state index in [1.165, 1.54) is 0 Å². The first-order chi connectivity index (χ1) is 6.42. The maximum Gasteiger partial charge on any atom is 0.143 e. The Balaban J connectivity index is 2.40. The van der Waals surface area contributed by atoms with Gasteiger partial charge in [-0.2, -0.15) is 0 Å². The van der Waals surface area contributed by atoms with E-state index in [9.17, 15) is 4.79 Å². The molecule has 0 amide bonds. The van der Waals surface area contributed by atoms with Crippen molar-refractivity contribution in [3.8, 4) is 0 Å². The number of rotatable bonds is 1. The van der Waals surface area contributed by atoms with E-state index in [-0.39, 0.29) is 11.0 Å². The summed E-state index contributed by atoms with van der Waals surface area (Å²) >= 11 is 0. The van der Waals surface area contributed by atoms with Crippen LogP contribution in [0.3, 0.4) is 0 Å². The highest BCUT2D eigenvalue weighted by Gasteiger charge is 2.56. The Morgan fingerprint density at radius 2 is 2.07 bits per heavy atom. The van der Waals surface area contributed by atoms with Crippen molar-refractivity contribution < 1.29 is 9.53 Å². The lowest BCUT2D eigenvalue weighted by molar-refractivity contribution is -0.155. The number of carbonyl (C=O) groups is 1. The van der Waals surface area contributed by atoms with Gasteiger partial charge in [-0.3, -0.25) is 4.79 Å². The third kappa shape index (κ3) is 1.04. The first-order valence-electron chi connectivity index (χ1n) is 5.19. The summed E-state index contributed by atoms with van der Waals surface area (Å²) < 4.78 is 5.58. The lowest BCUT2D eigenvalue weighted by Crippen LogP contribution is -2.56. The van der Waals surface area contributed by atoms with E-state index in [1.807, 2.05) is 6.92 Å². The zero-order chi connectivity index (χ0) is 10.6. The average Bonchev–Trinajstić information content (AvgIpc) is 2.12. The van der Waals surface area contributed by atoms with Crippen molar-refractivity contribution in [2.45, 2.75) is 38.7 Å². The van der Waals surface area contributed by atoms with Gasteiger partial charge in [0.2, 0.25) is 0 Å². The van der Waals surface area contributed by atoms with Crippen molar-refractivity contribution in [3.05, 3.63) is 12.2 Å². The number of hydrogen-bond donors (Lipinski definition) is 0. The van der Waals surface area contributed by atoms with Crippen LogP contribution in [0.4, 0.5) is 0 Å². The molecule has 0 spiro atoms. The second-order valence-corrected chi connectivity index (χ2v) is 5.16. The maximum atomic E-state index is 11.9. The second kappa shape index (κ2) is 2.69. The van der Waals surface area contributed by atoms with Gasteiger partial charge in [0.1, 0.15) is 5.78 Å². The van der Waals surface area contributed by atoms with Crippen molar-refractivity contribution in [2.24, 2.45) is 11.3 Å². The third-order valence-electron chi connectivity index (χ3n) is 4.35. The summed E-state index contributed by atoms with van der Waals surface area (Å²) in [6.45, 7) is 8.18. The average molecular weight is 194 g/mol. The number of fused-ring (bicyclic) bond motifs is 3. The van der Waals surface area contributed by atoms with Crippen LogP contribution < -0.4 is 0 Å². The van der Waals surface area contributed by atoms with Crippen LogP contribution in [0, 0.1) is 11.3 Å². The van der Waals surface area contributed by atoms with Crippen LogP contribution in [0.5, 0.6) is 0 Å². The van der Waals surface area contributed by atoms with E-state index < -0.39 is 0 Å². The Kier molecular flexibility index (Phi) is 1.91. The SMILES string of the molecule is C=C1C[C@@H]2CC(=O)[C@@]1(C)C[C@@]2(C)OC. The molecule has 14 heavy (non-hydrogen) atoms. The van der Waals surface area contributed by atoms with Crippen molar-refractivity contribution in [1.29, 1.82) is 0 Å². The van der Waals surface area contributed by atoms with Gasteiger partial charge < -0.3 is 4.74 Å². The molecule has 0 unspecified atom stereocenters. The standard InChI is InChI=1S/C12H18O2/c1-8-5-9-6-10(13)11(8,2)7-12(9,3)14-4/h9H,1,5-7H2,2-4H3/t9-,11+,12-/m1/s1. The molecule has 2 bridgehead atoms. The Labute approximate surface area is 85.3 Å². The van der Waals surface area contributed by atoms with E-state index >= 15 is 0 Å². The van der Waals surface area contributed by atoms with Crippen molar-refractivity contribution in [2.75, 3.05) is 7.11 Å². The molecule has 3 aliphatic carbocycles. The quantitative estimate of drug-likeness (QED) is 0.599. The zero-order valence-corrected chi connectivity index (χ0v) is 9.22. The van der Waals surface area contributed by atoms with Gasteiger partial charge in [0, 0.05) is 18.9 Å². The first-order valence-corrected chi connectivity index (χ1v) is 5.19. The fourth-order valence-electron chi connectivity index (χ4n) is 2.98. The summed E-state index contributed by atoms with van der Waals surface area (Å²) in [4.78, 5) is 11.9. The minimum Gasteiger partial charge on any atom is -0.378 e. The molecule has 0 aromatic heterocycles. The second-order valence-electron chi connectivity index (χ2n) is 5.16. The molecule has 0 aliphatic heterocycles. The topological polar surface area (TPSA) is 26.3 Å². The van der Waals surface area contributed by atoms with Gasteiger partial charge in [-0.1, -0.05) is 12.2 Å². The van der Waals surface area contributed by atoms with Crippen LogP contribution in [0.1, 0.15) is 33.1 Å². The number of allylic oxidation sites excluding steroid dienone is 1. The minimum atomic E-state index is -0.320. The van der Waals surface area contributed by atoms with E-state index in [0.717, 1.165) is 18.4 Å². The van der Waals surface area contributed by atoms with E-state index in [0.29, 0.717) is 18.1 Å². The molecule has 0 aromatic carbocycles. The van der Waals surface area contributed by atoms with Gasteiger partial charge in [-0.05, 0) is 32.6 Å².